The maximum absolute atomic E-state index is 12.7. The molecular formula is C23H26N6O2. The van der Waals surface area contributed by atoms with Crippen LogP contribution in [0.5, 0.6) is 0 Å². The van der Waals surface area contributed by atoms with Crippen LogP contribution in [0, 0.1) is 0 Å². The van der Waals surface area contributed by atoms with E-state index in [9.17, 15) is 4.79 Å². The number of benzene rings is 1. The second-order valence-electron chi connectivity index (χ2n) is 8.86. The average molecular weight is 419 g/mol. The number of imidazole rings is 1. The van der Waals surface area contributed by atoms with Crippen LogP contribution in [0.25, 0.3) is 27.7 Å². The Balaban J connectivity index is 1.49. The van der Waals surface area contributed by atoms with E-state index in [0.29, 0.717) is 12.4 Å². The van der Waals surface area contributed by atoms with Gasteiger partial charge in [0.25, 0.3) is 0 Å². The van der Waals surface area contributed by atoms with Gasteiger partial charge in [-0.3, -0.25) is 4.90 Å². The Bertz CT molecular complexity index is 1250. The van der Waals surface area contributed by atoms with Crippen molar-refractivity contribution in [3.05, 3.63) is 48.9 Å². The van der Waals surface area contributed by atoms with E-state index in [-0.39, 0.29) is 12.3 Å². The predicted molar refractivity (Wildman–Crippen MR) is 120 cm³/mol. The van der Waals surface area contributed by atoms with Crippen LogP contribution in [-0.4, -0.2) is 48.9 Å². The van der Waals surface area contributed by atoms with Crippen molar-refractivity contribution in [1.29, 1.82) is 0 Å². The van der Waals surface area contributed by atoms with Crippen molar-refractivity contribution in [2.45, 2.75) is 45.4 Å². The molecule has 8 nitrogen and oxygen atoms in total. The molecule has 0 spiro atoms. The number of amides is 1. The molecular weight excluding hydrogens is 392 g/mol. The topological polar surface area (TPSA) is 87.5 Å². The van der Waals surface area contributed by atoms with Gasteiger partial charge in [-0.05, 0) is 45.7 Å². The number of fused-ring (bicyclic) bond motifs is 2. The highest BCUT2D eigenvalue weighted by molar-refractivity contribution is 5.99. The number of carbonyl (C=O) groups is 1. The molecule has 1 aliphatic heterocycles. The first kappa shape index (κ1) is 19.4. The van der Waals surface area contributed by atoms with Crippen molar-refractivity contribution in [3.63, 3.8) is 0 Å². The zero-order chi connectivity index (χ0) is 21.6. The summed E-state index contributed by atoms with van der Waals surface area (Å²) in [6.45, 7) is 6.30. The first-order chi connectivity index (χ1) is 14.9. The fraction of sp³-hybridized carbons (Fsp3) is 0.348. The van der Waals surface area contributed by atoms with E-state index < -0.39 is 5.60 Å². The van der Waals surface area contributed by atoms with Crippen molar-refractivity contribution in [1.82, 2.24) is 24.5 Å². The number of hydrogen-bond donors (Lipinski definition) is 2. The molecule has 4 aromatic rings. The highest BCUT2D eigenvalue weighted by atomic mass is 16.6. The minimum atomic E-state index is -0.527. The summed E-state index contributed by atoms with van der Waals surface area (Å²) in [4.78, 5) is 22.2. The van der Waals surface area contributed by atoms with Crippen molar-refractivity contribution >= 4 is 28.5 Å². The molecule has 0 saturated carbocycles. The number of H-pyrrole nitrogens is 1. The number of carbonyl (C=O) groups excluding carboxylic acids is 1. The fourth-order valence-corrected chi connectivity index (χ4v) is 4.11. The first-order valence-electron chi connectivity index (χ1n) is 10.6. The summed E-state index contributed by atoms with van der Waals surface area (Å²) in [5.41, 5.74) is 3.36. The molecule has 8 heteroatoms. The van der Waals surface area contributed by atoms with Crippen molar-refractivity contribution in [2.24, 2.45) is 0 Å². The standard InChI is InChI=1S/C23H26N6O2/c1-23(2,3)31-22(30)28-11-6-9-20(28)26-19-13-16(21-24-10-12-29(21)27-19)17-14-25-18-8-5-4-7-15(17)18/h4-5,7-8,10,12-14,20,25H,6,9,11H2,1-3H3,(H,26,27). The van der Waals surface area contributed by atoms with E-state index in [0.717, 1.165) is 40.5 Å². The Labute approximate surface area is 180 Å². The van der Waals surface area contributed by atoms with Gasteiger partial charge in [0.05, 0.1) is 0 Å². The van der Waals surface area contributed by atoms with Crippen molar-refractivity contribution < 1.29 is 9.53 Å². The lowest BCUT2D eigenvalue weighted by Crippen LogP contribution is -2.43. The average Bonchev–Trinajstić information content (AvgIpc) is 3.45. The smallest absolute Gasteiger partial charge is 0.411 e. The van der Waals surface area contributed by atoms with Crippen molar-refractivity contribution in [2.75, 3.05) is 11.9 Å². The van der Waals surface area contributed by atoms with Crippen LogP contribution in [-0.2, 0) is 4.74 Å². The quantitative estimate of drug-likeness (QED) is 0.506. The third kappa shape index (κ3) is 3.69. The van der Waals surface area contributed by atoms with Crippen LogP contribution >= 0.6 is 0 Å². The molecule has 1 aromatic carbocycles. The first-order valence-corrected chi connectivity index (χ1v) is 10.6. The van der Waals surface area contributed by atoms with E-state index in [2.05, 4.69) is 32.5 Å². The number of rotatable bonds is 3. The van der Waals surface area contributed by atoms with Crippen molar-refractivity contribution in [3.8, 4) is 11.1 Å². The number of para-hydroxylation sites is 1. The third-order valence-corrected chi connectivity index (χ3v) is 5.43. The summed E-state index contributed by atoms with van der Waals surface area (Å²) in [5.74, 6) is 0.686. The lowest BCUT2D eigenvalue weighted by Gasteiger charge is -2.29. The second-order valence-corrected chi connectivity index (χ2v) is 8.86. The Morgan fingerprint density at radius 2 is 2.10 bits per heavy atom. The molecule has 4 heterocycles. The highest BCUT2D eigenvalue weighted by Gasteiger charge is 2.32. The summed E-state index contributed by atoms with van der Waals surface area (Å²) < 4.78 is 7.36. The number of nitrogens with one attached hydrogen (secondary N) is 2. The van der Waals surface area contributed by atoms with Gasteiger partial charge in [-0.25, -0.2) is 14.3 Å². The van der Waals surface area contributed by atoms with Gasteiger partial charge in [-0.1, -0.05) is 18.2 Å². The number of likely N-dealkylation sites (tertiary alicyclic amines) is 1. The summed E-state index contributed by atoms with van der Waals surface area (Å²) in [6, 6.07) is 10.2. The molecule has 1 aliphatic rings. The normalized spacial score (nSPS) is 16.9. The largest absolute Gasteiger partial charge is 0.444 e. The fourth-order valence-electron chi connectivity index (χ4n) is 4.11. The molecule has 31 heavy (non-hydrogen) atoms. The maximum atomic E-state index is 12.7. The number of anilines is 1. The summed E-state index contributed by atoms with van der Waals surface area (Å²) in [6.07, 6.45) is 6.86. The third-order valence-electron chi connectivity index (χ3n) is 5.43. The molecule has 3 aromatic heterocycles. The van der Waals surface area contributed by atoms with Gasteiger partial charge in [-0.2, -0.15) is 0 Å². The van der Waals surface area contributed by atoms with Crippen LogP contribution in [0.2, 0.25) is 0 Å². The number of nitrogens with zero attached hydrogens (tertiary/aromatic N) is 4. The van der Waals surface area contributed by atoms with E-state index in [1.54, 1.807) is 15.6 Å². The minimum absolute atomic E-state index is 0.167. The lowest BCUT2D eigenvalue weighted by atomic mass is 10.1. The van der Waals surface area contributed by atoms with Crippen LogP contribution in [0.4, 0.5) is 10.6 Å². The number of ether oxygens (including phenoxy) is 1. The van der Waals surface area contributed by atoms with E-state index >= 15 is 0 Å². The lowest BCUT2D eigenvalue weighted by molar-refractivity contribution is 0.0244. The Kier molecular flexibility index (Phi) is 4.57. The molecule has 5 rings (SSSR count). The van der Waals surface area contributed by atoms with E-state index in [1.807, 2.05) is 51.4 Å². The summed E-state index contributed by atoms with van der Waals surface area (Å²) in [5, 5.41) is 9.24. The number of aromatic nitrogens is 4. The zero-order valence-corrected chi connectivity index (χ0v) is 17.9. The van der Waals surface area contributed by atoms with Gasteiger partial charge in [0, 0.05) is 47.2 Å². The van der Waals surface area contributed by atoms with Gasteiger partial charge < -0.3 is 15.0 Å². The predicted octanol–water partition coefficient (Wildman–Crippen LogP) is 4.65. The molecule has 1 amide bonds. The second kappa shape index (κ2) is 7.30. The highest BCUT2D eigenvalue weighted by Crippen LogP contribution is 2.32. The van der Waals surface area contributed by atoms with Gasteiger partial charge in [0.1, 0.15) is 17.6 Å². The van der Waals surface area contributed by atoms with Crippen LogP contribution < -0.4 is 5.32 Å². The van der Waals surface area contributed by atoms with E-state index in [4.69, 9.17) is 4.74 Å². The molecule has 2 N–H and O–H groups in total. The number of aromatic amines is 1. The Hall–Kier alpha value is -3.55. The molecule has 0 radical (unpaired) electrons. The molecule has 1 saturated heterocycles. The summed E-state index contributed by atoms with van der Waals surface area (Å²) >= 11 is 0. The SMILES string of the molecule is CC(C)(C)OC(=O)N1CCCC1Nc1cc(-c2c[nH]c3ccccc23)c2nccn2n1. The van der Waals surface area contributed by atoms with Gasteiger partial charge in [0.2, 0.25) is 0 Å². The van der Waals surface area contributed by atoms with Crippen LogP contribution in [0.1, 0.15) is 33.6 Å². The van der Waals surface area contributed by atoms with Gasteiger partial charge in [-0.15, -0.1) is 5.10 Å². The molecule has 1 atom stereocenters. The number of hydrogen-bond acceptors (Lipinski definition) is 5. The van der Waals surface area contributed by atoms with Gasteiger partial charge in [0.15, 0.2) is 5.65 Å². The van der Waals surface area contributed by atoms with Crippen LogP contribution in [0.15, 0.2) is 48.9 Å². The maximum Gasteiger partial charge on any atom is 0.411 e. The molecule has 1 unspecified atom stereocenters. The molecule has 1 fully saturated rings. The monoisotopic (exact) mass is 418 g/mol. The van der Waals surface area contributed by atoms with E-state index in [1.165, 1.54) is 0 Å². The Morgan fingerprint density at radius 1 is 1.26 bits per heavy atom. The van der Waals surface area contributed by atoms with Gasteiger partial charge >= 0.3 is 6.09 Å². The molecule has 160 valence electrons. The Morgan fingerprint density at radius 3 is 2.94 bits per heavy atom. The zero-order valence-electron chi connectivity index (χ0n) is 17.9. The molecule has 0 aliphatic carbocycles. The molecule has 0 bridgehead atoms. The summed E-state index contributed by atoms with van der Waals surface area (Å²) in [7, 11) is 0. The van der Waals surface area contributed by atoms with Crippen LogP contribution in [0.3, 0.4) is 0 Å². The minimum Gasteiger partial charge on any atom is -0.444 e.